The number of nitrogens with one attached hydrogen (secondary N) is 2. The number of ether oxygens (including phenoxy) is 17. The minimum atomic E-state index is -1.82. The normalized spacial score (nSPS) is 26.0. The summed E-state index contributed by atoms with van der Waals surface area (Å²) in [5, 5.41) is 118. The van der Waals surface area contributed by atoms with Crippen LogP contribution in [0.3, 0.4) is 0 Å². The van der Waals surface area contributed by atoms with Crippen LogP contribution < -0.4 is 31.4 Å². The zero-order chi connectivity index (χ0) is 91.8. The summed E-state index contributed by atoms with van der Waals surface area (Å²) in [7, 11) is 2.36. The van der Waals surface area contributed by atoms with E-state index in [0.29, 0.717) is 82.1 Å². The molecule has 4 aliphatic heterocycles. The molecule has 38 heteroatoms. The molecule has 37 nitrogen and oxygen atoms in total. The Morgan fingerprint density at radius 2 is 0.746 bits per heavy atom. The van der Waals surface area contributed by atoms with Gasteiger partial charge in [0.1, 0.15) is 97.5 Å². The molecule has 4 aliphatic rings. The Balaban J connectivity index is 0. The largest absolute Gasteiger partial charge is 0.547 e. The summed E-state index contributed by atoms with van der Waals surface area (Å²) in [5.41, 5.74) is -1.99. The van der Waals surface area contributed by atoms with Crippen molar-refractivity contribution in [2.75, 3.05) is 131 Å². The monoisotopic (exact) mass is 1870 g/mol. The average molecular weight is 1870 g/mol. The molecule has 14 unspecified atom stereocenters. The fourth-order valence-electron chi connectivity index (χ4n) is 10.7. The van der Waals surface area contributed by atoms with Crippen LogP contribution in [0.15, 0.2) is 48.5 Å². The van der Waals surface area contributed by atoms with Crippen LogP contribution in [0.4, 0.5) is 0 Å². The van der Waals surface area contributed by atoms with Gasteiger partial charge in [0.15, 0.2) is 42.8 Å². The summed E-state index contributed by atoms with van der Waals surface area (Å²) in [6.45, 7) is 34.4. The van der Waals surface area contributed by atoms with E-state index in [-0.39, 0.29) is 50.8 Å². The number of esters is 1. The number of unbranched alkanes of at least 4 members (excludes halogenated alkanes) is 4. The summed E-state index contributed by atoms with van der Waals surface area (Å²) >= 11 is 2.26. The van der Waals surface area contributed by atoms with Gasteiger partial charge in [-0.15, -0.1) is 0 Å². The highest BCUT2D eigenvalue weighted by Crippen LogP contribution is 2.34. The Hall–Kier alpha value is -5.14. The molecule has 122 heavy (non-hydrogen) atoms. The maximum absolute atomic E-state index is 13.1. The van der Waals surface area contributed by atoms with Gasteiger partial charge in [0.2, 0.25) is 11.8 Å². The highest BCUT2D eigenvalue weighted by Gasteiger charge is 2.54. The van der Waals surface area contributed by atoms with Crippen LogP contribution in [0.25, 0.3) is 0 Å². The third-order valence-corrected chi connectivity index (χ3v) is 18.7. The Morgan fingerprint density at radius 3 is 1.02 bits per heavy atom. The van der Waals surface area contributed by atoms with Gasteiger partial charge >= 0.3 is 5.97 Å². The van der Waals surface area contributed by atoms with Crippen LogP contribution >= 0.6 is 22.6 Å². The van der Waals surface area contributed by atoms with E-state index in [4.69, 9.17) is 80.5 Å². The number of Topliss-reactive ketones (excluding diaryl/α,β-unsaturated/α-hetero) is 2. The molecule has 20 atom stereocenters. The number of hydrogen-bond donors (Lipinski definition) is 13. The number of carbonyl (C=O) groups excluding carboxylic acids is 6. The number of alkyl halides is 1. The number of aliphatic hydroxyl groups is 10. The van der Waals surface area contributed by atoms with Gasteiger partial charge in [0, 0.05) is 55.5 Å². The van der Waals surface area contributed by atoms with Crippen molar-refractivity contribution in [2.24, 2.45) is 11.8 Å². The quantitative estimate of drug-likeness (QED) is 0.0113. The van der Waals surface area contributed by atoms with E-state index in [1.54, 1.807) is 62.4 Å². The van der Waals surface area contributed by atoms with Crippen LogP contribution in [0.1, 0.15) is 176 Å². The molecule has 0 aliphatic carbocycles. The Morgan fingerprint density at radius 1 is 0.451 bits per heavy atom. The molecule has 4 fully saturated rings. The fraction of sp³-hybridized carbons (Fsp3) is 0.774. The van der Waals surface area contributed by atoms with Gasteiger partial charge < -0.3 is 158 Å². The molecule has 0 saturated carbocycles. The molecule has 4 saturated heterocycles. The van der Waals surface area contributed by atoms with E-state index in [0.717, 1.165) is 24.6 Å². The van der Waals surface area contributed by atoms with E-state index in [1.165, 1.54) is 93.6 Å². The van der Waals surface area contributed by atoms with Crippen molar-refractivity contribution >= 4 is 57.9 Å². The molecule has 0 aromatic heterocycles. The number of hydrogen-bond acceptors (Lipinski definition) is 35. The first-order chi connectivity index (χ1) is 57.4. The number of methoxy groups -OCH3 is 2. The molecule has 0 radical (unpaired) electrons. The molecule has 15 N–H and O–H groups in total. The zero-order valence-corrected chi connectivity index (χ0v) is 76.8. The second kappa shape index (κ2) is 68.1. The van der Waals surface area contributed by atoms with Crippen LogP contribution in [-0.4, -0.2) is 339 Å². The van der Waals surface area contributed by atoms with Crippen LogP contribution in [0.2, 0.25) is 0 Å². The first-order valence-corrected chi connectivity index (χ1v) is 43.0. The fourth-order valence-corrected chi connectivity index (χ4v) is 11.0. The number of aliphatic carboxylic acids is 1. The Kier molecular flexibility index (Phi) is 66.3. The van der Waals surface area contributed by atoms with Gasteiger partial charge in [-0.25, -0.2) is 4.79 Å². The summed E-state index contributed by atoms with van der Waals surface area (Å²) in [4.78, 5) is 72.0. The molecule has 0 spiro atoms. The molecule has 2 amide bonds. The van der Waals surface area contributed by atoms with Crippen molar-refractivity contribution in [2.45, 2.75) is 277 Å². The van der Waals surface area contributed by atoms with Crippen LogP contribution in [-0.2, 0) is 90.2 Å². The molecule has 6 rings (SSSR count). The first kappa shape index (κ1) is 119. The van der Waals surface area contributed by atoms with E-state index in [2.05, 4.69) is 88.6 Å². The number of carbonyl (C=O) groups is 6. The van der Waals surface area contributed by atoms with Gasteiger partial charge in [0.05, 0.1) is 136 Å². The van der Waals surface area contributed by atoms with E-state index < -0.39 is 170 Å². The number of rotatable bonds is 45. The minimum Gasteiger partial charge on any atom is -0.547 e. The van der Waals surface area contributed by atoms with Gasteiger partial charge in [-0.05, 0) is 82.6 Å². The number of benzene rings is 2. The number of carboxylic acid groups (broad SMARTS) is 1. The molecular weight excluding hydrogens is 1720 g/mol. The number of carboxylic acids is 1. The zero-order valence-electron chi connectivity index (χ0n) is 74.6. The summed E-state index contributed by atoms with van der Waals surface area (Å²) in [6.07, 6.45) is -13.2. The van der Waals surface area contributed by atoms with Crippen molar-refractivity contribution < 1.29 is 165 Å². The van der Waals surface area contributed by atoms with E-state index in [9.17, 15) is 84.9 Å². The van der Waals surface area contributed by atoms with Crippen molar-refractivity contribution in [3.8, 4) is 11.5 Å². The lowest BCUT2D eigenvalue weighted by Crippen LogP contribution is -2.67. The highest BCUT2D eigenvalue weighted by atomic mass is 127. The Bertz CT molecular complexity index is 2990. The second-order valence-corrected chi connectivity index (χ2v) is 30.4. The predicted molar refractivity (Wildman–Crippen MR) is 454 cm³/mol. The van der Waals surface area contributed by atoms with Crippen LogP contribution in [0.5, 0.6) is 11.5 Å². The number of ketones is 2. The summed E-state index contributed by atoms with van der Waals surface area (Å²) < 4.78 is 93.0. The van der Waals surface area contributed by atoms with Gasteiger partial charge in [-0.3, -0.25) is 19.2 Å². The molecular formula is C84H148IN3O34. The van der Waals surface area contributed by atoms with Crippen molar-refractivity contribution in [1.82, 2.24) is 16.8 Å². The maximum atomic E-state index is 13.1. The average Bonchev–Trinajstić information content (AvgIpc) is 0.780. The summed E-state index contributed by atoms with van der Waals surface area (Å²) in [6, 6.07) is 11.3. The van der Waals surface area contributed by atoms with Gasteiger partial charge in [0.25, 0.3) is 0 Å². The topological polar surface area (TPSA) is 544 Å². The lowest BCUT2D eigenvalue weighted by Gasteiger charge is -2.47. The molecule has 0 bridgehead atoms. The van der Waals surface area contributed by atoms with Crippen molar-refractivity contribution in [1.29, 1.82) is 0 Å². The predicted octanol–water partition coefficient (Wildman–Crippen LogP) is 3.45. The van der Waals surface area contributed by atoms with Gasteiger partial charge in [-0.1, -0.05) is 123 Å². The van der Waals surface area contributed by atoms with Crippen molar-refractivity contribution in [3.63, 3.8) is 0 Å². The standard InChI is InChI=1S/C34H53NO17.C18H27IO6.C16H27NO11.3C4H10.C4H9.H3N/c1-19-24(35-20(2)37)32(50-23(18-36)25(19)38)51-28-26(39)27(40)33(44-5)52-29(28)31(42)49-17-15-47-13-11-45-10-12-46-14-16-48-22-8-6-21(7-9-22)30(41)34(3,4)43;1-18(2,21)17(20)15-3-5-16(6-4-15)25-14-13-24-12-11-23-10-9-22-8-7-19;1-5-8(17-6(2)19)15(26-7(4-18)9(5)20)27-12-10(21)11(22)16(25-3)28-13(12)14(23)24;4*1-3-4-2;/h6-9,19,23-29,32-33,36,38-40,43H,10-18H2,1-5H3,(H,35,37);3-6,21H,7-14H2,1-2H3;5,7-13,15-16,18,20-22H,4H2,1-3H3,(H,17,19)(H,23,24);3*3-4H2,1-2H3;1,3-4H2,2H3;1H3/q;;;;;;+1;/p-1/t19-,23?,24?,25?,26?,27?,28+,29?,32+,33?;;5-,7?,8?,9?,10?,11?,12+,13?,15+,16?;;;;;/m1.1...../s1. The number of amides is 2. The van der Waals surface area contributed by atoms with E-state index in [1.807, 2.05) is 0 Å². The van der Waals surface area contributed by atoms with Crippen LogP contribution in [0, 0.1) is 18.8 Å². The lowest BCUT2D eigenvalue weighted by molar-refractivity contribution is -0.365. The smallest absolute Gasteiger partial charge is 0.338 e. The maximum Gasteiger partial charge on any atom is 0.338 e. The molecule has 710 valence electrons. The first-order valence-electron chi connectivity index (χ1n) is 41.4. The molecule has 4 heterocycles. The SMILES string of the molecule is CC(C)(O)C(=O)c1ccc(OCCOCCOCCOCCI)cc1.CCCC.CCCC.CCCC.COC1OC(C(=O)OCCOCCOCCOCCOc2ccc(C(=O)C(C)(C)O)cc2)[C@@H](O[C@@H]2OC(CO)C(O)[C@H](C)C2NC(C)=O)C(O)C1O.COC1OC(C(=O)[O-])[C@@H](O[C@@H]2OC(CO)C(O)[C@H](C)C2NC(C)=O)C(O)C1O.N.[CH2+]CCC. The third-order valence-electron chi connectivity index (χ3n) is 18.2. The molecule has 2 aromatic rings. The minimum absolute atomic E-state index is 0. The number of aliphatic hydroxyl groups excluding tert-OH is 8. The third kappa shape index (κ3) is 46.0. The van der Waals surface area contributed by atoms with E-state index >= 15 is 0 Å². The van der Waals surface area contributed by atoms with Gasteiger partial charge in [-0.2, -0.15) is 0 Å². The summed E-state index contributed by atoms with van der Waals surface area (Å²) in [5.74, 6) is -4.44. The number of halogens is 1. The molecule has 2 aromatic carbocycles. The van der Waals surface area contributed by atoms with Crippen molar-refractivity contribution in [3.05, 3.63) is 66.6 Å². The second-order valence-electron chi connectivity index (χ2n) is 29.3. The highest BCUT2D eigenvalue weighted by molar-refractivity contribution is 14.1. The Labute approximate surface area is 734 Å². The lowest BCUT2D eigenvalue weighted by atomic mass is 9.88.